The second-order valence-electron chi connectivity index (χ2n) is 4.11. The molecule has 5 heteroatoms. The summed E-state index contributed by atoms with van der Waals surface area (Å²) in [6, 6.07) is 1.36. The number of hydrogen-bond donors (Lipinski definition) is 2. The van der Waals surface area contributed by atoms with Crippen molar-refractivity contribution in [1.29, 1.82) is 0 Å². The van der Waals surface area contributed by atoms with Crippen LogP contribution in [-0.2, 0) is 6.54 Å². The third-order valence-corrected chi connectivity index (χ3v) is 2.63. The maximum absolute atomic E-state index is 11.3. The van der Waals surface area contributed by atoms with Gasteiger partial charge in [0.1, 0.15) is 0 Å². The van der Waals surface area contributed by atoms with Gasteiger partial charge >= 0.3 is 5.69 Å². The van der Waals surface area contributed by atoms with Gasteiger partial charge in [-0.05, 0) is 13.0 Å². The summed E-state index contributed by atoms with van der Waals surface area (Å²) >= 11 is 0. The van der Waals surface area contributed by atoms with Crippen molar-refractivity contribution in [1.82, 2.24) is 14.9 Å². The lowest BCUT2D eigenvalue weighted by atomic mass is 10.2. The number of aromatic nitrogens is 2. The minimum absolute atomic E-state index is 0.342. The highest BCUT2D eigenvalue weighted by Crippen LogP contribution is 1.96. The van der Waals surface area contributed by atoms with Gasteiger partial charge < -0.3 is 5.32 Å². The maximum Gasteiger partial charge on any atom is 0.328 e. The fourth-order valence-electron chi connectivity index (χ4n) is 1.62. The zero-order chi connectivity index (χ0) is 12.5. The van der Waals surface area contributed by atoms with Gasteiger partial charge in [-0.15, -0.1) is 0 Å². The number of rotatable bonds is 8. The quantitative estimate of drug-likeness (QED) is 0.656. The molecular formula is C12H21N3O2. The van der Waals surface area contributed by atoms with Gasteiger partial charge in [0.05, 0.1) is 0 Å². The van der Waals surface area contributed by atoms with Crippen molar-refractivity contribution in [3.8, 4) is 0 Å². The van der Waals surface area contributed by atoms with Crippen LogP contribution in [0.4, 0.5) is 0 Å². The molecule has 0 saturated carbocycles. The summed E-state index contributed by atoms with van der Waals surface area (Å²) in [6.45, 7) is 4.51. The number of nitrogens with zero attached hydrogens (tertiary/aromatic N) is 1. The van der Waals surface area contributed by atoms with Gasteiger partial charge in [0, 0.05) is 25.4 Å². The largest absolute Gasteiger partial charge is 0.328 e. The highest BCUT2D eigenvalue weighted by molar-refractivity contribution is 4.82. The summed E-state index contributed by atoms with van der Waals surface area (Å²) in [7, 11) is 0. The van der Waals surface area contributed by atoms with Crippen LogP contribution in [0.15, 0.2) is 21.9 Å². The Morgan fingerprint density at radius 3 is 2.76 bits per heavy atom. The van der Waals surface area contributed by atoms with Gasteiger partial charge in [-0.25, -0.2) is 4.79 Å². The van der Waals surface area contributed by atoms with Gasteiger partial charge in [-0.3, -0.25) is 14.3 Å². The maximum atomic E-state index is 11.3. The summed E-state index contributed by atoms with van der Waals surface area (Å²) in [4.78, 5) is 24.4. The van der Waals surface area contributed by atoms with Crippen LogP contribution in [0.3, 0.4) is 0 Å². The molecule has 1 aromatic heterocycles. The van der Waals surface area contributed by atoms with E-state index in [2.05, 4.69) is 17.2 Å². The highest BCUT2D eigenvalue weighted by Gasteiger charge is 1.95. The van der Waals surface area contributed by atoms with Crippen LogP contribution < -0.4 is 16.6 Å². The molecule has 0 radical (unpaired) electrons. The molecule has 17 heavy (non-hydrogen) atoms. The van der Waals surface area contributed by atoms with E-state index in [0.29, 0.717) is 6.54 Å². The zero-order valence-corrected chi connectivity index (χ0v) is 10.4. The number of hydrogen-bond acceptors (Lipinski definition) is 3. The highest BCUT2D eigenvalue weighted by atomic mass is 16.2. The van der Waals surface area contributed by atoms with Crippen molar-refractivity contribution in [2.75, 3.05) is 13.1 Å². The van der Waals surface area contributed by atoms with E-state index in [1.807, 2.05) is 0 Å². The van der Waals surface area contributed by atoms with Crippen LogP contribution in [-0.4, -0.2) is 22.6 Å². The number of nitrogens with one attached hydrogen (secondary N) is 2. The molecule has 0 saturated heterocycles. The van der Waals surface area contributed by atoms with E-state index in [9.17, 15) is 9.59 Å². The predicted molar refractivity (Wildman–Crippen MR) is 68.3 cm³/mol. The first-order chi connectivity index (χ1) is 8.24. The summed E-state index contributed by atoms with van der Waals surface area (Å²) in [5, 5.41) is 3.28. The molecule has 0 aliphatic carbocycles. The summed E-state index contributed by atoms with van der Waals surface area (Å²) < 4.78 is 1.50. The average Bonchev–Trinajstić information content (AvgIpc) is 2.30. The second-order valence-corrected chi connectivity index (χ2v) is 4.11. The fraction of sp³-hybridized carbons (Fsp3) is 0.667. The summed E-state index contributed by atoms with van der Waals surface area (Å²) in [6.07, 6.45) is 6.48. The molecule has 1 rings (SSSR count). The van der Waals surface area contributed by atoms with E-state index < -0.39 is 0 Å². The lowest BCUT2D eigenvalue weighted by molar-refractivity contribution is 0.548. The minimum atomic E-state index is -0.348. The Hall–Kier alpha value is -1.36. The van der Waals surface area contributed by atoms with E-state index in [4.69, 9.17) is 0 Å². The predicted octanol–water partition coefficient (Wildman–Crippen LogP) is 0.706. The lowest BCUT2D eigenvalue weighted by Gasteiger charge is -2.06. The van der Waals surface area contributed by atoms with Crippen molar-refractivity contribution in [2.24, 2.45) is 0 Å². The first kappa shape index (κ1) is 13.7. The van der Waals surface area contributed by atoms with Gasteiger partial charge in [-0.2, -0.15) is 0 Å². The molecule has 0 bridgehead atoms. The first-order valence-electron chi connectivity index (χ1n) is 6.24. The molecule has 0 aromatic carbocycles. The molecule has 1 aromatic rings. The van der Waals surface area contributed by atoms with Crippen LogP contribution in [0, 0.1) is 0 Å². The number of aromatic amines is 1. The molecule has 2 N–H and O–H groups in total. The molecule has 96 valence electrons. The Kier molecular flexibility index (Phi) is 6.32. The van der Waals surface area contributed by atoms with Crippen LogP contribution in [0.1, 0.15) is 32.6 Å². The first-order valence-corrected chi connectivity index (χ1v) is 6.24. The molecular weight excluding hydrogens is 218 g/mol. The van der Waals surface area contributed by atoms with Gasteiger partial charge in [-0.1, -0.05) is 26.2 Å². The van der Waals surface area contributed by atoms with Crippen LogP contribution in [0.25, 0.3) is 0 Å². The normalized spacial score (nSPS) is 10.6. The standard InChI is InChI=1S/C12H21N3O2/c1-2-3-4-5-7-13-8-10-15-9-6-11(16)14-12(15)17/h6,9,13H,2-5,7-8,10H2,1H3,(H,14,16,17). The Morgan fingerprint density at radius 1 is 1.24 bits per heavy atom. The van der Waals surface area contributed by atoms with Gasteiger partial charge in [0.15, 0.2) is 0 Å². The minimum Gasteiger partial charge on any atom is -0.315 e. The Morgan fingerprint density at radius 2 is 2.06 bits per heavy atom. The zero-order valence-electron chi connectivity index (χ0n) is 10.4. The Labute approximate surface area is 101 Å². The topological polar surface area (TPSA) is 66.9 Å². The monoisotopic (exact) mass is 239 g/mol. The molecule has 0 spiro atoms. The molecule has 5 nitrogen and oxygen atoms in total. The SMILES string of the molecule is CCCCCCNCCn1ccc(=O)[nH]c1=O. The van der Waals surface area contributed by atoms with E-state index in [1.54, 1.807) is 0 Å². The molecule has 1 heterocycles. The number of H-pyrrole nitrogens is 1. The Balaban J connectivity index is 2.18. The molecule has 0 unspecified atom stereocenters. The van der Waals surface area contributed by atoms with Crippen molar-refractivity contribution in [3.05, 3.63) is 33.1 Å². The van der Waals surface area contributed by atoms with Gasteiger partial charge in [0.2, 0.25) is 0 Å². The second kappa shape index (κ2) is 7.84. The van der Waals surface area contributed by atoms with Crippen LogP contribution >= 0.6 is 0 Å². The third-order valence-electron chi connectivity index (χ3n) is 2.63. The van der Waals surface area contributed by atoms with E-state index in [0.717, 1.165) is 13.1 Å². The molecule has 0 amide bonds. The molecule has 0 fully saturated rings. The summed E-state index contributed by atoms with van der Waals surface area (Å²) in [5.74, 6) is 0. The van der Waals surface area contributed by atoms with Crippen molar-refractivity contribution < 1.29 is 0 Å². The van der Waals surface area contributed by atoms with Crippen molar-refractivity contribution >= 4 is 0 Å². The third kappa shape index (κ3) is 5.49. The lowest BCUT2D eigenvalue weighted by Crippen LogP contribution is -2.32. The molecule has 0 atom stereocenters. The van der Waals surface area contributed by atoms with Crippen molar-refractivity contribution in [3.63, 3.8) is 0 Å². The van der Waals surface area contributed by atoms with Crippen molar-refractivity contribution in [2.45, 2.75) is 39.2 Å². The average molecular weight is 239 g/mol. The van der Waals surface area contributed by atoms with Gasteiger partial charge in [0.25, 0.3) is 5.56 Å². The van der Waals surface area contributed by atoms with E-state index >= 15 is 0 Å². The summed E-state index contributed by atoms with van der Waals surface area (Å²) in [5.41, 5.74) is -0.691. The van der Waals surface area contributed by atoms with E-state index in [-0.39, 0.29) is 11.2 Å². The smallest absolute Gasteiger partial charge is 0.315 e. The fourth-order valence-corrected chi connectivity index (χ4v) is 1.62. The number of unbranched alkanes of at least 4 members (excludes halogenated alkanes) is 3. The van der Waals surface area contributed by atoms with Crippen LogP contribution in [0.2, 0.25) is 0 Å². The molecule has 0 aliphatic heterocycles. The molecule has 0 aliphatic rings. The van der Waals surface area contributed by atoms with Crippen LogP contribution in [0.5, 0.6) is 0 Å². The van der Waals surface area contributed by atoms with E-state index in [1.165, 1.54) is 42.5 Å². The Bertz CT molecular complexity index is 422.